The van der Waals surface area contributed by atoms with E-state index in [2.05, 4.69) is 15.3 Å². The minimum atomic E-state index is -1.09. The lowest BCUT2D eigenvalue weighted by atomic mass is 10.1. The molecule has 0 aliphatic carbocycles. The third kappa shape index (κ3) is 3.18. The van der Waals surface area contributed by atoms with Crippen molar-refractivity contribution in [2.45, 2.75) is 19.4 Å². The number of carboxylic acid groups (broad SMARTS) is 1. The van der Waals surface area contributed by atoms with E-state index >= 15 is 0 Å². The number of hydrogen-bond donors (Lipinski definition) is 1. The van der Waals surface area contributed by atoms with Crippen LogP contribution in [0.1, 0.15) is 23.3 Å². The number of hydrogen-bond acceptors (Lipinski definition) is 5. The highest BCUT2D eigenvalue weighted by molar-refractivity contribution is 5.92. The first-order valence-electron chi connectivity index (χ1n) is 6.30. The van der Waals surface area contributed by atoms with Gasteiger partial charge in [0, 0.05) is 38.2 Å². The third-order valence-electron chi connectivity index (χ3n) is 2.84. The first kappa shape index (κ1) is 14.1. The number of carbonyl (C=O) groups is 1. The van der Waals surface area contributed by atoms with Crippen molar-refractivity contribution in [2.75, 3.05) is 13.7 Å². The Labute approximate surface area is 116 Å². The van der Waals surface area contributed by atoms with Crippen LogP contribution in [0.4, 0.5) is 0 Å². The molecule has 2 aromatic rings. The molecule has 0 atom stereocenters. The zero-order valence-corrected chi connectivity index (χ0v) is 11.2. The summed E-state index contributed by atoms with van der Waals surface area (Å²) in [6.45, 7) is 1.26. The number of unbranched alkanes of at least 4 members (excludes halogenated alkanes) is 1. The maximum atomic E-state index is 11.2. The van der Waals surface area contributed by atoms with Gasteiger partial charge in [-0.05, 0) is 25.0 Å². The number of aromatic carboxylic acids is 1. The van der Waals surface area contributed by atoms with Gasteiger partial charge in [0.05, 0.1) is 0 Å². The molecule has 0 saturated carbocycles. The Hall–Kier alpha value is -2.28. The fourth-order valence-electron chi connectivity index (χ4n) is 1.91. The summed E-state index contributed by atoms with van der Waals surface area (Å²) >= 11 is 0. The lowest BCUT2D eigenvalue weighted by Crippen LogP contribution is -2.06. The summed E-state index contributed by atoms with van der Waals surface area (Å²) in [5.74, 6) is -1.09. The zero-order chi connectivity index (χ0) is 14.4. The molecule has 0 bridgehead atoms. The van der Waals surface area contributed by atoms with Gasteiger partial charge in [-0.2, -0.15) is 0 Å². The van der Waals surface area contributed by atoms with Crippen molar-refractivity contribution in [3.8, 4) is 11.3 Å². The molecule has 7 nitrogen and oxygen atoms in total. The van der Waals surface area contributed by atoms with Crippen molar-refractivity contribution >= 4 is 5.97 Å². The second-order valence-corrected chi connectivity index (χ2v) is 4.26. The van der Waals surface area contributed by atoms with Crippen LogP contribution < -0.4 is 0 Å². The quantitative estimate of drug-likeness (QED) is 0.770. The van der Waals surface area contributed by atoms with Gasteiger partial charge in [-0.15, -0.1) is 5.10 Å². The highest BCUT2D eigenvalue weighted by atomic mass is 16.5. The fourth-order valence-corrected chi connectivity index (χ4v) is 1.91. The molecule has 0 aliphatic heterocycles. The Morgan fingerprint density at radius 2 is 2.30 bits per heavy atom. The maximum Gasteiger partial charge on any atom is 0.358 e. The van der Waals surface area contributed by atoms with E-state index in [0.29, 0.717) is 24.4 Å². The Balaban J connectivity index is 2.26. The number of methoxy groups -OCH3 is 1. The number of carboxylic acids is 1. The van der Waals surface area contributed by atoms with Crippen molar-refractivity contribution in [3.05, 3.63) is 30.2 Å². The maximum absolute atomic E-state index is 11.2. The Bertz CT molecular complexity index is 568. The molecule has 7 heteroatoms. The molecule has 2 heterocycles. The second-order valence-electron chi connectivity index (χ2n) is 4.26. The summed E-state index contributed by atoms with van der Waals surface area (Å²) in [5.41, 5.74) is 1.13. The average Bonchev–Trinajstić information content (AvgIpc) is 2.88. The summed E-state index contributed by atoms with van der Waals surface area (Å²) in [4.78, 5) is 15.2. The number of rotatable bonds is 7. The minimum absolute atomic E-state index is 0.0512. The van der Waals surface area contributed by atoms with Crippen LogP contribution in [0, 0.1) is 0 Å². The number of aryl methyl sites for hydroxylation is 1. The highest BCUT2D eigenvalue weighted by Crippen LogP contribution is 2.21. The van der Waals surface area contributed by atoms with Crippen LogP contribution in [0.25, 0.3) is 11.3 Å². The minimum Gasteiger partial charge on any atom is -0.476 e. The molecule has 2 aromatic heterocycles. The third-order valence-corrected chi connectivity index (χ3v) is 2.84. The topological polar surface area (TPSA) is 90.1 Å². The van der Waals surface area contributed by atoms with Gasteiger partial charge >= 0.3 is 5.97 Å². The van der Waals surface area contributed by atoms with Gasteiger partial charge in [-0.1, -0.05) is 5.21 Å². The van der Waals surface area contributed by atoms with Gasteiger partial charge in [0.25, 0.3) is 0 Å². The molecule has 106 valence electrons. The molecule has 2 rings (SSSR count). The number of pyridine rings is 1. The number of ether oxygens (including phenoxy) is 1. The van der Waals surface area contributed by atoms with Crippen molar-refractivity contribution in [1.82, 2.24) is 20.0 Å². The average molecular weight is 276 g/mol. The largest absolute Gasteiger partial charge is 0.476 e. The van der Waals surface area contributed by atoms with Gasteiger partial charge in [0.1, 0.15) is 5.69 Å². The van der Waals surface area contributed by atoms with E-state index in [0.717, 1.165) is 12.8 Å². The van der Waals surface area contributed by atoms with Crippen LogP contribution in [0.2, 0.25) is 0 Å². The smallest absolute Gasteiger partial charge is 0.358 e. The predicted octanol–water partition coefficient (Wildman–Crippen LogP) is 1.46. The SMILES string of the molecule is COCCCCn1nnc(C(=O)O)c1-c1cccnc1. The normalized spacial score (nSPS) is 10.7. The molecule has 0 aromatic carbocycles. The van der Waals surface area contributed by atoms with E-state index in [9.17, 15) is 9.90 Å². The highest BCUT2D eigenvalue weighted by Gasteiger charge is 2.20. The summed E-state index contributed by atoms with van der Waals surface area (Å²) in [6, 6.07) is 3.55. The Kier molecular flexibility index (Phi) is 4.78. The van der Waals surface area contributed by atoms with Gasteiger partial charge in [-0.3, -0.25) is 4.98 Å². The molecule has 0 unspecified atom stereocenters. The molecule has 0 fully saturated rings. The molecular formula is C13H16N4O3. The van der Waals surface area contributed by atoms with Crippen molar-refractivity contribution in [3.63, 3.8) is 0 Å². The fraction of sp³-hybridized carbons (Fsp3) is 0.385. The predicted molar refractivity (Wildman–Crippen MR) is 71.3 cm³/mol. The second kappa shape index (κ2) is 6.76. The summed E-state index contributed by atoms with van der Waals surface area (Å²) in [6.07, 6.45) is 4.96. The van der Waals surface area contributed by atoms with Gasteiger partial charge in [0.15, 0.2) is 5.69 Å². The van der Waals surface area contributed by atoms with E-state index in [1.165, 1.54) is 0 Å². The van der Waals surface area contributed by atoms with Crippen molar-refractivity contribution in [1.29, 1.82) is 0 Å². The molecule has 0 saturated heterocycles. The molecule has 1 N–H and O–H groups in total. The monoisotopic (exact) mass is 276 g/mol. The summed E-state index contributed by atoms with van der Waals surface area (Å²) in [7, 11) is 1.65. The van der Waals surface area contributed by atoms with E-state index in [1.54, 1.807) is 36.3 Å². The van der Waals surface area contributed by atoms with Crippen LogP contribution in [0.15, 0.2) is 24.5 Å². The van der Waals surface area contributed by atoms with Crippen LogP contribution in [-0.2, 0) is 11.3 Å². The Morgan fingerprint density at radius 1 is 1.45 bits per heavy atom. The number of nitrogens with zero attached hydrogens (tertiary/aromatic N) is 4. The van der Waals surface area contributed by atoms with Crippen molar-refractivity contribution < 1.29 is 14.6 Å². The lowest BCUT2D eigenvalue weighted by Gasteiger charge is -2.06. The van der Waals surface area contributed by atoms with Gasteiger partial charge < -0.3 is 9.84 Å². The van der Waals surface area contributed by atoms with Crippen LogP contribution in [0.3, 0.4) is 0 Å². The van der Waals surface area contributed by atoms with Crippen LogP contribution in [-0.4, -0.2) is 44.8 Å². The molecular weight excluding hydrogens is 260 g/mol. The lowest BCUT2D eigenvalue weighted by molar-refractivity contribution is 0.0691. The van der Waals surface area contributed by atoms with E-state index < -0.39 is 5.97 Å². The standard InChI is InChI=1S/C13H16N4O3/c1-20-8-3-2-7-17-12(10-5-4-6-14-9-10)11(13(18)19)15-16-17/h4-6,9H,2-3,7-8H2,1H3,(H,18,19). The zero-order valence-electron chi connectivity index (χ0n) is 11.2. The van der Waals surface area contributed by atoms with E-state index in [1.807, 2.05) is 0 Å². The first-order chi connectivity index (χ1) is 9.74. The first-order valence-corrected chi connectivity index (χ1v) is 6.30. The molecule has 0 amide bonds. The number of aromatic nitrogens is 4. The molecule has 20 heavy (non-hydrogen) atoms. The Morgan fingerprint density at radius 3 is 2.95 bits per heavy atom. The molecule has 0 aliphatic rings. The van der Waals surface area contributed by atoms with E-state index in [-0.39, 0.29) is 5.69 Å². The van der Waals surface area contributed by atoms with Gasteiger partial charge in [-0.25, -0.2) is 9.48 Å². The van der Waals surface area contributed by atoms with Crippen LogP contribution in [0.5, 0.6) is 0 Å². The van der Waals surface area contributed by atoms with Gasteiger partial charge in [0.2, 0.25) is 0 Å². The van der Waals surface area contributed by atoms with Crippen molar-refractivity contribution in [2.24, 2.45) is 0 Å². The molecule has 0 spiro atoms. The summed E-state index contributed by atoms with van der Waals surface area (Å²) < 4.78 is 6.60. The summed E-state index contributed by atoms with van der Waals surface area (Å²) in [5, 5.41) is 16.9. The van der Waals surface area contributed by atoms with E-state index in [4.69, 9.17) is 4.74 Å². The van der Waals surface area contributed by atoms with Crippen LogP contribution >= 0.6 is 0 Å². The molecule has 0 radical (unpaired) electrons.